The second kappa shape index (κ2) is 7.92. The molecule has 2 saturated heterocycles. The van der Waals surface area contributed by atoms with Gasteiger partial charge in [0.25, 0.3) is 0 Å². The molecule has 2 fully saturated rings. The number of terminal acetylenes is 1. The van der Waals surface area contributed by atoms with Crippen molar-refractivity contribution in [3.63, 3.8) is 0 Å². The van der Waals surface area contributed by atoms with E-state index in [0.29, 0.717) is 6.54 Å². The van der Waals surface area contributed by atoms with Gasteiger partial charge in [-0.05, 0) is 31.5 Å². The molecule has 2 aliphatic heterocycles. The number of halogens is 1. The Bertz CT molecular complexity index is 619. The monoisotopic (exact) mass is 345 g/mol. The van der Waals surface area contributed by atoms with Gasteiger partial charge in [-0.25, -0.2) is 0 Å². The first-order valence-electron chi connectivity index (χ1n) is 8.66. The van der Waals surface area contributed by atoms with Crippen LogP contribution in [-0.4, -0.2) is 61.0 Å². The summed E-state index contributed by atoms with van der Waals surface area (Å²) in [5.74, 6) is 2.93. The van der Waals surface area contributed by atoms with Gasteiger partial charge in [0.1, 0.15) is 0 Å². The van der Waals surface area contributed by atoms with Gasteiger partial charge in [-0.3, -0.25) is 9.69 Å². The summed E-state index contributed by atoms with van der Waals surface area (Å²) >= 11 is 6.28. The minimum atomic E-state index is -0.0401. The Kier molecular flexibility index (Phi) is 5.65. The number of hydrogen-bond acceptors (Lipinski definition) is 3. The molecule has 2 aliphatic rings. The highest BCUT2D eigenvalue weighted by Crippen LogP contribution is 2.26. The number of anilines is 1. The van der Waals surface area contributed by atoms with Crippen LogP contribution in [0, 0.1) is 12.3 Å². The van der Waals surface area contributed by atoms with Gasteiger partial charge in [0, 0.05) is 26.2 Å². The van der Waals surface area contributed by atoms with Crippen LogP contribution in [0.25, 0.3) is 0 Å². The summed E-state index contributed by atoms with van der Waals surface area (Å²) in [5, 5.41) is 0.768. The fourth-order valence-electron chi connectivity index (χ4n) is 3.66. The second-order valence-corrected chi connectivity index (χ2v) is 6.86. The fraction of sp³-hybridized carbons (Fsp3) is 0.526. The molecule has 1 atom stereocenters. The Morgan fingerprint density at radius 3 is 2.62 bits per heavy atom. The zero-order chi connectivity index (χ0) is 16.9. The fourth-order valence-corrected chi connectivity index (χ4v) is 3.92. The molecule has 24 heavy (non-hydrogen) atoms. The molecule has 3 rings (SSSR count). The molecule has 2 heterocycles. The third-order valence-electron chi connectivity index (χ3n) is 4.98. The van der Waals surface area contributed by atoms with Gasteiger partial charge in [-0.15, -0.1) is 6.42 Å². The van der Waals surface area contributed by atoms with E-state index >= 15 is 0 Å². The SMILES string of the molecule is C#CCN1CCCCC1C(=O)N1CCN(c2ccccc2Cl)CC1. The molecule has 1 unspecified atom stereocenters. The molecule has 0 aromatic heterocycles. The van der Waals surface area contributed by atoms with Crippen molar-refractivity contribution in [2.75, 3.05) is 44.2 Å². The first-order valence-corrected chi connectivity index (χ1v) is 9.04. The highest BCUT2D eigenvalue weighted by Gasteiger charge is 2.33. The lowest BCUT2D eigenvalue weighted by atomic mass is 10.0. The van der Waals surface area contributed by atoms with Gasteiger partial charge >= 0.3 is 0 Å². The van der Waals surface area contributed by atoms with Crippen molar-refractivity contribution in [2.45, 2.75) is 25.3 Å². The molecule has 0 spiro atoms. The molecular weight excluding hydrogens is 322 g/mol. The van der Waals surface area contributed by atoms with E-state index in [9.17, 15) is 4.79 Å². The molecule has 1 amide bonds. The van der Waals surface area contributed by atoms with Crippen molar-refractivity contribution < 1.29 is 4.79 Å². The number of piperazine rings is 1. The molecule has 4 nitrogen and oxygen atoms in total. The van der Waals surface area contributed by atoms with Crippen molar-refractivity contribution >= 4 is 23.2 Å². The van der Waals surface area contributed by atoms with E-state index in [1.807, 2.05) is 29.2 Å². The number of nitrogens with zero attached hydrogens (tertiary/aromatic N) is 3. The Labute approximate surface area is 149 Å². The molecular formula is C19H24ClN3O. The summed E-state index contributed by atoms with van der Waals surface area (Å²) in [6.07, 6.45) is 8.62. The first kappa shape index (κ1) is 17.1. The highest BCUT2D eigenvalue weighted by molar-refractivity contribution is 6.33. The molecule has 0 radical (unpaired) electrons. The van der Waals surface area contributed by atoms with Gasteiger partial charge in [0.2, 0.25) is 5.91 Å². The molecule has 0 aliphatic carbocycles. The maximum Gasteiger partial charge on any atom is 0.240 e. The van der Waals surface area contributed by atoms with E-state index in [-0.39, 0.29) is 11.9 Å². The average Bonchev–Trinajstić information content (AvgIpc) is 2.63. The predicted molar refractivity (Wildman–Crippen MR) is 98.3 cm³/mol. The Morgan fingerprint density at radius 2 is 1.92 bits per heavy atom. The van der Waals surface area contributed by atoms with Crippen LogP contribution in [0.3, 0.4) is 0 Å². The summed E-state index contributed by atoms with van der Waals surface area (Å²) < 4.78 is 0. The Morgan fingerprint density at radius 1 is 1.17 bits per heavy atom. The van der Waals surface area contributed by atoms with Crippen LogP contribution in [0.4, 0.5) is 5.69 Å². The van der Waals surface area contributed by atoms with Crippen molar-refractivity contribution in [2.24, 2.45) is 0 Å². The van der Waals surface area contributed by atoms with Crippen LogP contribution in [0.1, 0.15) is 19.3 Å². The third kappa shape index (κ3) is 3.68. The minimum Gasteiger partial charge on any atom is -0.367 e. The van der Waals surface area contributed by atoms with Gasteiger partial charge in [0.15, 0.2) is 0 Å². The molecule has 1 aromatic carbocycles. The van der Waals surface area contributed by atoms with E-state index in [1.54, 1.807) is 0 Å². The Hall–Kier alpha value is -1.70. The molecule has 0 saturated carbocycles. The van der Waals surface area contributed by atoms with Crippen molar-refractivity contribution in [1.82, 2.24) is 9.80 Å². The maximum absolute atomic E-state index is 12.9. The second-order valence-electron chi connectivity index (χ2n) is 6.45. The van der Waals surface area contributed by atoms with Gasteiger partial charge in [-0.1, -0.05) is 36.1 Å². The first-order chi connectivity index (χ1) is 11.7. The quantitative estimate of drug-likeness (QED) is 0.787. The standard InChI is InChI=1S/C19H24ClN3O/c1-2-10-21-11-6-5-9-18(21)19(24)23-14-12-22(13-15-23)17-8-4-3-7-16(17)20/h1,3-4,7-8,18H,5-6,9-15H2. The average molecular weight is 346 g/mol. The third-order valence-corrected chi connectivity index (χ3v) is 5.30. The molecule has 128 valence electrons. The van der Waals surface area contributed by atoms with Crippen LogP contribution in [0.5, 0.6) is 0 Å². The van der Waals surface area contributed by atoms with Crippen molar-refractivity contribution in [1.29, 1.82) is 0 Å². The van der Waals surface area contributed by atoms with Crippen LogP contribution >= 0.6 is 11.6 Å². The number of likely N-dealkylation sites (tertiary alicyclic amines) is 1. The normalized spacial score (nSPS) is 22.2. The largest absolute Gasteiger partial charge is 0.367 e. The highest BCUT2D eigenvalue weighted by atomic mass is 35.5. The lowest BCUT2D eigenvalue weighted by Gasteiger charge is -2.41. The molecule has 1 aromatic rings. The van der Waals surface area contributed by atoms with E-state index in [0.717, 1.165) is 62.7 Å². The van der Waals surface area contributed by atoms with Crippen molar-refractivity contribution in [3.8, 4) is 12.3 Å². The van der Waals surface area contributed by atoms with E-state index in [2.05, 4.69) is 15.7 Å². The number of carbonyl (C=O) groups is 1. The lowest BCUT2D eigenvalue weighted by molar-refractivity contribution is -0.138. The zero-order valence-electron chi connectivity index (χ0n) is 14.0. The van der Waals surface area contributed by atoms with Gasteiger partial charge < -0.3 is 9.80 Å². The molecule has 0 N–H and O–H groups in total. The summed E-state index contributed by atoms with van der Waals surface area (Å²) in [5.41, 5.74) is 1.05. The summed E-state index contributed by atoms with van der Waals surface area (Å²) in [4.78, 5) is 19.3. The summed E-state index contributed by atoms with van der Waals surface area (Å²) in [7, 11) is 0. The lowest BCUT2D eigenvalue weighted by Crippen LogP contribution is -2.56. The number of piperidine rings is 1. The minimum absolute atomic E-state index is 0.0401. The molecule has 0 bridgehead atoms. The molecule has 5 heteroatoms. The number of para-hydroxylation sites is 1. The summed E-state index contributed by atoms with van der Waals surface area (Å²) in [6.45, 7) is 4.61. The summed E-state index contributed by atoms with van der Waals surface area (Å²) in [6, 6.07) is 7.85. The number of benzene rings is 1. The number of rotatable bonds is 3. The smallest absolute Gasteiger partial charge is 0.240 e. The van der Waals surface area contributed by atoms with Crippen LogP contribution in [0.15, 0.2) is 24.3 Å². The maximum atomic E-state index is 12.9. The van der Waals surface area contributed by atoms with Gasteiger partial charge in [-0.2, -0.15) is 0 Å². The van der Waals surface area contributed by atoms with Crippen molar-refractivity contribution in [3.05, 3.63) is 29.3 Å². The van der Waals surface area contributed by atoms with Crippen LogP contribution < -0.4 is 4.90 Å². The van der Waals surface area contributed by atoms with Crippen LogP contribution in [-0.2, 0) is 4.79 Å². The number of hydrogen-bond donors (Lipinski definition) is 0. The number of carbonyl (C=O) groups excluding carboxylic acids is 1. The van der Waals surface area contributed by atoms with E-state index in [1.165, 1.54) is 0 Å². The topological polar surface area (TPSA) is 26.8 Å². The Balaban J connectivity index is 1.61. The van der Waals surface area contributed by atoms with Gasteiger partial charge in [0.05, 0.1) is 23.3 Å². The zero-order valence-corrected chi connectivity index (χ0v) is 14.7. The van der Waals surface area contributed by atoms with E-state index in [4.69, 9.17) is 18.0 Å². The van der Waals surface area contributed by atoms with E-state index < -0.39 is 0 Å². The number of amides is 1. The van der Waals surface area contributed by atoms with Crippen LogP contribution in [0.2, 0.25) is 5.02 Å². The predicted octanol–water partition coefficient (Wildman–Crippen LogP) is 2.48.